The van der Waals surface area contributed by atoms with Gasteiger partial charge < -0.3 is 14.8 Å². The van der Waals surface area contributed by atoms with Crippen molar-refractivity contribution in [1.29, 1.82) is 0 Å². The number of carbonyl (C=O) groups excluding carboxylic acids is 2. The zero-order chi connectivity index (χ0) is 19.5. The van der Waals surface area contributed by atoms with Crippen molar-refractivity contribution in [3.05, 3.63) is 53.9 Å². The van der Waals surface area contributed by atoms with E-state index in [4.69, 9.17) is 9.47 Å². The highest BCUT2D eigenvalue weighted by atomic mass is 16.5. The second kappa shape index (κ2) is 10.5. The largest absolute Gasteiger partial charge is 0.493 e. The van der Waals surface area contributed by atoms with E-state index in [0.29, 0.717) is 24.5 Å². The summed E-state index contributed by atoms with van der Waals surface area (Å²) in [6, 6.07) is 9.11. The van der Waals surface area contributed by atoms with Crippen molar-refractivity contribution < 1.29 is 19.1 Å². The van der Waals surface area contributed by atoms with Gasteiger partial charge in [0.15, 0.2) is 11.5 Å². The van der Waals surface area contributed by atoms with Crippen LogP contribution in [0.4, 0.5) is 0 Å². The number of nitrogens with one attached hydrogen (secondary N) is 2. The van der Waals surface area contributed by atoms with Crippen molar-refractivity contribution in [2.45, 2.75) is 12.8 Å². The summed E-state index contributed by atoms with van der Waals surface area (Å²) in [7, 11) is 3.14. The average Bonchev–Trinajstić information content (AvgIpc) is 2.68. The highest BCUT2D eigenvalue weighted by molar-refractivity contribution is 5.97. The first-order valence-corrected chi connectivity index (χ1v) is 8.32. The van der Waals surface area contributed by atoms with Gasteiger partial charge in [-0.05, 0) is 30.2 Å². The first-order chi connectivity index (χ1) is 13.1. The Kier molecular flexibility index (Phi) is 7.77. The molecule has 0 saturated carbocycles. The van der Waals surface area contributed by atoms with Crippen LogP contribution in [-0.2, 0) is 16.0 Å². The number of carbonyl (C=O) groups is 2. The molecule has 27 heavy (non-hydrogen) atoms. The molecule has 0 unspecified atom stereocenters. The highest BCUT2D eigenvalue weighted by Gasteiger charge is 2.09. The number of hydrogen-bond donors (Lipinski definition) is 2. The molecule has 1 aromatic heterocycles. The van der Waals surface area contributed by atoms with Crippen LogP contribution in [0.3, 0.4) is 0 Å². The molecule has 8 nitrogen and oxygen atoms in total. The Morgan fingerprint density at radius 1 is 1.15 bits per heavy atom. The molecule has 2 N–H and O–H groups in total. The van der Waals surface area contributed by atoms with E-state index < -0.39 is 5.91 Å². The Labute approximate surface area is 157 Å². The molecule has 0 fully saturated rings. The summed E-state index contributed by atoms with van der Waals surface area (Å²) in [6.45, 7) is 0.403. The van der Waals surface area contributed by atoms with Crippen LogP contribution in [0.5, 0.6) is 11.5 Å². The minimum absolute atomic E-state index is 0.295. The van der Waals surface area contributed by atoms with Gasteiger partial charge in [0.05, 0.1) is 20.4 Å². The van der Waals surface area contributed by atoms with Crippen molar-refractivity contribution in [3.63, 3.8) is 0 Å². The van der Waals surface area contributed by atoms with Crippen LogP contribution in [0, 0.1) is 0 Å². The fraction of sp³-hybridized carbons (Fsp3) is 0.263. The summed E-state index contributed by atoms with van der Waals surface area (Å²) in [4.78, 5) is 27.4. The standard InChI is InChI=1S/C19H22N4O4/c1-26-16-6-5-14(10-17(16)27-2)7-9-21-18(24)11-19(25)23-22-13-15-4-3-8-20-12-15/h3-6,8,10,12-13H,7,9,11H2,1-2H3,(H,21,24)(H,23,25)/b22-13+. The molecule has 0 spiro atoms. The number of pyridine rings is 1. The predicted molar refractivity (Wildman–Crippen MR) is 101 cm³/mol. The zero-order valence-corrected chi connectivity index (χ0v) is 15.3. The Morgan fingerprint density at radius 3 is 2.67 bits per heavy atom. The van der Waals surface area contributed by atoms with Gasteiger partial charge in [-0.3, -0.25) is 14.6 Å². The third-order valence-corrected chi connectivity index (χ3v) is 3.59. The molecule has 142 valence electrons. The van der Waals surface area contributed by atoms with E-state index in [1.54, 1.807) is 38.7 Å². The summed E-state index contributed by atoms with van der Waals surface area (Å²) >= 11 is 0. The fourth-order valence-corrected chi connectivity index (χ4v) is 2.26. The number of hydrogen-bond acceptors (Lipinski definition) is 6. The SMILES string of the molecule is COc1ccc(CCNC(=O)CC(=O)N/N=C/c2cccnc2)cc1OC. The first-order valence-electron chi connectivity index (χ1n) is 8.32. The minimum atomic E-state index is -0.487. The van der Waals surface area contributed by atoms with E-state index in [0.717, 1.165) is 11.1 Å². The molecule has 0 radical (unpaired) electrons. The van der Waals surface area contributed by atoms with Crippen molar-refractivity contribution in [1.82, 2.24) is 15.7 Å². The number of rotatable bonds is 9. The summed E-state index contributed by atoms with van der Waals surface area (Å²) < 4.78 is 10.4. The Hall–Kier alpha value is -3.42. The average molecular weight is 370 g/mol. The monoisotopic (exact) mass is 370 g/mol. The highest BCUT2D eigenvalue weighted by Crippen LogP contribution is 2.27. The Bertz CT molecular complexity index is 794. The molecule has 0 aliphatic heterocycles. The number of amides is 2. The molecule has 1 aromatic carbocycles. The van der Waals surface area contributed by atoms with Crippen LogP contribution in [-0.4, -0.2) is 43.8 Å². The van der Waals surface area contributed by atoms with E-state index in [-0.39, 0.29) is 12.3 Å². The molecule has 0 aliphatic rings. The number of ether oxygens (including phenoxy) is 2. The molecule has 1 heterocycles. The van der Waals surface area contributed by atoms with Crippen molar-refractivity contribution in [2.24, 2.45) is 5.10 Å². The van der Waals surface area contributed by atoms with Gasteiger partial charge in [-0.2, -0.15) is 5.10 Å². The zero-order valence-electron chi connectivity index (χ0n) is 15.3. The van der Waals surface area contributed by atoms with Crippen molar-refractivity contribution >= 4 is 18.0 Å². The summed E-state index contributed by atoms with van der Waals surface area (Å²) in [5.41, 5.74) is 4.04. The van der Waals surface area contributed by atoms with Crippen LogP contribution in [0.15, 0.2) is 47.8 Å². The van der Waals surface area contributed by atoms with Crippen molar-refractivity contribution in [2.75, 3.05) is 20.8 Å². The lowest BCUT2D eigenvalue weighted by molar-refractivity contribution is -0.129. The lowest BCUT2D eigenvalue weighted by Crippen LogP contribution is -2.31. The molecule has 0 aliphatic carbocycles. The van der Waals surface area contributed by atoms with Gasteiger partial charge in [0.2, 0.25) is 11.8 Å². The van der Waals surface area contributed by atoms with E-state index in [9.17, 15) is 9.59 Å². The van der Waals surface area contributed by atoms with E-state index in [2.05, 4.69) is 20.8 Å². The van der Waals surface area contributed by atoms with Gasteiger partial charge in [-0.1, -0.05) is 12.1 Å². The van der Waals surface area contributed by atoms with E-state index in [1.807, 2.05) is 18.2 Å². The molecular formula is C19H22N4O4. The van der Waals surface area contributed by atoms with Gasteiger partial charge in [-0.25, -0.2) is 5.43 Å². The van der Waals surface area contributed by atoms with Crippen molar-refractivity contribution in [3.8, 4) is 11.5 Å². The van der Waals surface area contributed by atoms with Crippen LogP contribution < -0.4 is 20.2 Å². The maximum atomic E-state index is 11.8. The van der Waals surface area contributed by atoms with E-state index in [1.165, 1.54) is 6.21 Å². The first kappa shape index (κ1) is 19.9. The van der Waals surface area contributed by atoms with Gasteiger partial charge in [0.25, 0.3) is 0 Å². The minimum Gasteiger partial charge on any atom is -0.493 e. The Balaban J connectivity index is 1.71. The fourth-order valence-electron chi connectivity index (χ4n) is 2.26. The number of methoxy groups -OCH3 is 2. The normalized spacial score (nSPS) is 10.4. The molecule has 2 rings (SSSR count). The molecule has 2 amide bonds. The third-order valence-electron chi connectivity index (χ3n) is 3.59. The maximum Gasteiger partial charge on any atom is 0.249 e. The number of hydrazone groups is 1. The summed E-state index contributed by atoms with van der Waals surface area (Å²) in [6.07, 6.45) is 5.02. The molecule has 2 aromatic rings. The predicted octanol–water partition coefficient (Wildman–Crippen LogP) is 1.30. The number of benzene rings is 1. The Morgan fingerprint density at radius 2 is 1.96 bits per heavy atom. The lowest BCUT2D eigenvalue weighted by atomic mass is 10.1. The molecule has 0 saturated heterocycles. The molecular weight excluding hydrogens is 348 g/mol. The second-order valence-corrected chi connectivity index (χ2v) is 5.55. The second-order valence-electron chi connectivity index (χ2n) is 5.55. The van der Waals surface area contributed by atoms with Crippen LogP contribution in [0.25, 0.3) is 0 Å². The van der Waals surface area contributed by atoms with Gasteiger partial charge >= 0.3 is 0 Å². The van der Waals surface area contributed by atoms with E-state index >= 15 is 0 Å². The van der Waals surface area contributed by atoms with Crippen LogP contribution in [0.2, 0.25) is 0 Å². The molecule has 0 atom stereocenters. The maximum absolute atomic E-state index is 11.8. The summed E-state index contributed by atoms with van der Waals surface area (Å²) in [5, 5.41) is 6.49. The molecule has 8 heteroatoms. The molecule has 0 bridgehead atoms. The lowest BCUT2D eigenvalue weighted by Gasteiger charge is -2.10. The van der Waals surface area contributed by atoms with Gasteiger partial charge in [0, 0.05) is 24.5 Å². The van der Waals surface area contributed by atoms with Crippen LogP contribution >= 0.6 is 0 Å². The number of nitrogens with zero attached hydrogens (tertiary/aromatic N) is 2. The smallest absolute Gasteiger partial charge is 0.249 e. The quantitative estimate of drug-likeness (QED) is 0.394. The van der Waals surface area contributed by atoms with Gasteiger partial charge in [0.1, 0.15) is 6.42 Å². The van der Waals surface area contributed by atoms with Crippen LogP contribution in [0.1, 0.15) is 17.5 Å². The third kappa shape index (κ3) is 6.77. The number of aromatic nitrogens is 1. The topological polar surface area (TPSA) is 102 Å². The van der Waals surface area contributed by atoms with Gasteiger partial charge in [-0.15, -0.1) is 0 Å². The summed E-state index contributed by atoms with van der Waals surface area (Å²) in [5.74, 6) is 0.421.